The van der Waals surface area contributed by atoms with Crippen LogP contribution in [0.25, 0.3) is 0 Å². The maximum Gasteiger partial charge on any atom is 0.250 e. The zero-order chi connectivity index (χ0) is 13.7. The van der Waals surface area contributed by atoms with E-state index in [9.17, 15) is 9.59 Å². The Hall–Kier alpha value is -1.62. The van der Waals surface area contributed by atoms with E-state index in [1.807, 2.05) is 4.90 Å². The summed E-state index contributed by atoms with van der Waals surface area (Å²) >= 11 is 0. The number of aryl methyl sites for hydroxylation is 1. The minimum Gasteiger partial charge on any atom is -0.396 e. The van der Waals surface area contributed by atoms with Crippen LogP contribution in [0.15, 0.2) is 29.2 Å². The number of carbonyl (C=O) groups is 1. The van der Waals surface area contributed by atoms with Crippen molar-refractivity contribution >= 4 is 5.91 Å². The van der Waals surface area contributed by atoms with Crippen molar-refractivity contribution in [2.45, 2.75) is 25.8 Å². The highest BCUT2D eigenvalue weighted by Gasteiger charge is 2.21. The van der Waals surface area contributed by atoms with E-state index in [0.717, 1.165) is 12.8 Å². The number of amides is 1. The van der Waals surface area contributed by atoms with Crippen molar-refractivity contribution in [1.82, 2.24) is 9.47 Å². The summed E-state index contributed by atoms with van der Waals surface area (Å²) in [7, 11) is 0. The molecule has 5 nitrogen and oxygen atoms in total. The normalized spacial score (nSPS) is 16.6. The van der Waals surface area contributed by atoms with E-state index in [0.29, 0.717) is 32.0 Å². The lowest BCUT2D eigenvalue weighted by atomic mass is 9.98. The third-order valence-corrected chi connectivity index (χ3v) is 3.69. The van der Waals surface area contributed by atoms with Crippen LogP contribution in [0.3, 0.4) is 0 Å². The Balaban J connectivity index is 1.82. The van der Waals surface area contributed by atoms with Crippen LogP contribution in [0.4, 0.5) is 0 Å². The van der Waals surface area contributed by atoms with Crippen LogP contribution in [-0.4, -0.2) is 40.2 Å². The molecule has 1 aliphatic heterocycles. The van der Waals surface area contributed by atoms with E-state index in [4.69, 9.17) is 5.11 Å². The zero-order valence-corrected chi connectivity index (χ0v) is 11.0. The van der Waals surface area contributed by atoms with Gasteiger partial charge in [0.05, 0.1) is 0 Å². The van der Waals surface area contributed by atoms with Crippen LogP contribution < -0.4 is 5.56 Å². The minimum atomic E-state index is -0.0747. The summed E-state index contributed by atoms with van der Waals surface area (Å²) in [5, 5.41) is 9.06. The lowest BCUT2D eigenvalue weighted by molar-refractivity contribution is -0.133. The number of rotatable bonds is 4. The number of carbonyl (C=O) groups excluding carboxylic acids is 1. The van der Waals surface area contributed by atoms with Gasteiger partial charge in [0.1, 0.15) is 0 Å². The first-order chi connectivity index (χ1) is 9.20. The maximum absolute atomic E-state index is 12.0. The van der Waals surface area contributed by atoms with Crippen molar-refractivity contribution in [3.8, 4) is 0 Å². The van der Waals surface area contributed by atoms with Gasteiger partial charge in [-0.15, -0.1) is 0 Å². The number of aliphatic hydroxyl groups excluding tert-OH is 1. The van der Waals surface area contributed by atoms with Crippen LogP contribution >= 0.6 is 0 Å². The van der Waals surface area contributed by atoms with E-state index >= 15 is 0 Å². The molecule has 5 heteroatoms. The number of aliphatic hydroxyl groups is 1. The number of hydrogen-bond donors (Lipinski definition) is 1. The monoisotopic (exact) mass is 264 g/mol. The standard InChI is InChI=1S/C14H20N2O3/c17-11-12-4-8-16(9-5-12)14(19)6-10-15-7-2-1-3-13(15)18/h1-3,7,12,17H,4-6,8-11H2. The van der Waals surface area contributed by atoms with E-state index < -0.39 is 0 Å². The average Bonchev–Trinajstić information content (AvgIpc) is 2.46. The van der Waals surface area contributed by atoms with Gasteiger partial charge in [-0.05, 0) is 24.8 Å². The first-order valence-electron chi connectivity index (χ1n) is 6.75. The highest BCUT2D eigenvalue weighted by atomic mass is 16.3. The summed E-state index contributed by atoms with van der Waals surface area (Å²) in [6, 6.07) is 4.98. The van der Waals surface area contributed by atoms with Gasteiger partial charge in [0.25, 0.3) is 5.56 Å². The van der Waals surface area contributed by atoms with Gasteiger partial charge in [0.2, 0.25) is 5.91 Å². The van der Waals surface area contributed by atoms with Crippen molar-refractivity contribution in [3.63, 3.8) is 0 Å². The van der Waals surface area contributed by atoms with Gasteiger partial charge in [-0.1, -0.05) is 6.07 Å². The summed E-state index contributed by atoms with van der Waals surface area (Å²) in [4.78, 5) is 25.4. The van der Waals surface area contributed by atoms with Gasteiger partial charge in [-0.3, -0.25) is 9.59 Å². The molecule has 0 radical (unpaired) electrons. The fourth-order valence-electron chi connectivity index (χ4n) is 2.38. The molecule has 0 aliphatic carbocycles. The van der Waals surface area contributed by atoms with Crippen molar-refractivity contribution in [1.29, 1.82) is 0 Å². The molecule has 104 valence electrons. The van der Waals surface area contributed by atoms with E-state index in [2.05, 4.69) is 0 Å². The first-order valence-corrected chi connectivity index (χ1v) is 6.75. The number of aromatic nitrogens is 1. The molecular formula is C14H20N2O3. The van der Waals surface area contributed by atoms with Crippen molar-refractivity contribution in [3.05, 3.63) is 34.7 Å². The third-order valence-electron chi connectivity index (χ3n) is 3.69. The van der Waals surface area contributed by atoms with Crippen molar-refractivity contribution < 1.29 is 9.90 Å². The summed E-state index contributed by atoms with van der Waals surface area (Å²) in [6.07, 6.45) is 3.79. The molecule has 1 aliphatic rings. The molecule has 19 heavy (non-hydrogen) atoms. The van der Waals surface area contributed by atoms with E-state index in [-0.39, 0.29) is 18.1 Å². The van der Waals surface area contributed by atoms with Gasteiger partial charge in [-0.2, -0.15) is 0 Å². The number of piperidine rings is 1. The molecule has 1 aromatic heterocycles. The second-order valence-corrected chi connectivity index (χ2v) is 4.99. The first kappa shape index (κ1) is 13.8. The topological polar surface area (TPSA) is 62.5 Å². The summed E-state index contributed by atoms with van der Waals surface area (Å²) in [5.41, 5.74) is -0.0747. The van der Waals surface area contributed by atoms with Gasteiger partial charge in [0, 0.05) is 44.9 Å². The van der Waals surface area contributed by atoms with Gasteiger partial charge >= 0.3 is 0 Å². The number of hydrogen-bond acceptors (Lipinski definition) is 3. The summed E-state index contributed by atoms with van der Waals surface area (Å²) in [5.74, 6) is 0.424. The summed E-state index contributed by atoms with van der Waals surface area (Å²) in [6.45, 7) is 2.07. The van der Waals surface area contributed by atoms with Crippen LogP contribution in [0.1, 0.15) is 19.3 Å². The molecule has 0 bridgehead atoms. The quantitative estimate of drug-likeness (QED) is 0.860. The molecule has 1 fully saturated rings. The predicted molar refractivity (Wildman–Crippen MR) is 71.7 cm³/mol. The molecule has 2 heterocycles. The van der Waals surface area contributed by atoms with E-state index in [1.54, 1.807) is 22.9 Å². The zero-order valence-electron chi connectivity index (χ0n) is 11.0. The van der Waals surface area contributed by atoms with E-state index in [1.165, 1.54) is 6.07 Å². The highest BCUT2D eigenvalue weighted by molar-refractivity contribution is 5.76. The maximum atomic E-state index is 12.0. The molecular weight excluding hydrogens is 244 g/mol. The molecule has 0 atom stereocenters. The lowest BCUT2D eigenvalue weighted by Gasteiger charge is -2.31. The third kappa shape index (κ3) is 3.67. The lowest BCUT2D eigenvalue weighted by Crippen LogP contribution is -2.39. The highest BCUT2D eigenvalue weighted by Crippen LogP contribution is 2.16. The second kappa shape index (κ2) is 6.52. The molecule has 0 saturated carbocycles. The molecule has 0 spiro atoms. The number of nitrogens with zero attached hydrogens (tertiary/aromatic N) is 2. The van der Waals surface area contributed by atoms with Crippen LogP contribution in [0.5, 0.6) is 0 Å². The fourth-order valence-corrected chi connectivity index (χ4v) is 2.38. The molecule has 0 aromatic carbocycles. The number of pyridine rings is 1. The van der Waals surface area contributed by atoms with Crippen molar-refractivity contribution in [2.75, 3.05) is 19.7 Å². The predicted octanol–water partition coefficient (Wildman–Crippen LogP) is 0.469. The van der Waals surface area contributed by atoms with Crippen LogP contribution in [0, 0.1) is 5.92 Å². The Labute approximate surface area is 112 Å². The Morgan fingerprint density at radius 3 is 2.68 bits per heavy atom. The molecule has 1 saturated heterocycles. The van der Waals surface area contributed by atoms with Crippen molar-refractivity contribution in [2.24, 2.45) is 5.92 Å². The Bertz CT molecular complexity index is 476. The van der Waals surface area contributed by atoms with Crippen LogP contribution in [0.2, 0.25) is 0 Å². The molecule has 1 aromatic rings. The summed E-state index contributed by atoms with van der Waals surface area (Å²) < 4.78 is 1.55. The fraction of sp³-hybridized carbons (Fsp3) is 0.571. The molecule has 1 amide bonds. The van der Waals surface area contributed by atoms with Crippen LogP contribution in [-0.2, 0) is 11.3 Å². The SMILES string of the molecule is O=C(CCn1ccccc1=O)N1CCC(CO)CC1. The smallest absolute Gasteiger partial charge is 0.250 e. The van der Waals surface area contributed by atoms with Gasteiger partial charge < -0.3 is 14.6 Å². The molecule has 1 N–H and O–H groups in total. The largest absolute Gasteiger partial charge is 0.396 e. The molecule has 0 unspecified atom stereocenters. The van der Waals surface area contributed by atoms with Gasteiger partial charge in [0.15, 0.2) is 0 Å². The Kier molecular flexibility index (Phi) is 4.74. The minimum absolute atomic E-state index is 0.0747. The van der Waals surface area contributed by atoms with Gasteiger partial charge in [-0.25, -0.2) is 0 Å². The Morgan fingerprint density at radius 1 is 1.32 bits per heavy atom. The second-order valence-electron chi connectivity index (χ2n) is 4.99. The average molecular weight is 264 g/mol. The molecule has 2 rings (SSSR count). The Morgan fingerprint density at radius 2 is 2.05 bits per heavy atom. The number of likely N-dealkylation sites (tertiary alicyclic amines) is 1.